The summed E-state index contributed by atoms with van der Waals surface area (Å²) in [4.78, 5) is 13.3. The van der Waals surface area contributed by atoms with Gasteiger partial charge in [0.15, 0.2) is 0 Å². The van der Waals surface area contributed by atoms with Crippen LogP contribution in [0.1, 0.15) is 17.0 Å². The third kappa shape index (κ3) is 4.63. The summed E-state index contributed by atoms with van der Waals surface area (Å²) in [7, 11) is 3.51. The lowest BCUT2D eigenvalue weighted by Gasteiger charge is -2.20. The van der Waals surface area contributed by atoms with Gasteiger partial charge in [-0.15, -0.1) is 0 Å². The maximum Gasteiger partial charge on any atom is 0.316 e. The van der Waals surface area contributed by atoms with E-state index in [9.17, 15) is 4.79 Å². The minimum Gasteiger partial charge on any atom is -0.337 e. The maximum absolute atomic E-state index is 11.7. The molecule has 2 aromatic carbocycles. The number of nitrogens with zero attached hydrogens (tertiary/aromatic N) is 1. The van der Waals surface area contributed by atoms with Crippen LogP contribution in [0.3, 0.4) is 0 Å². The highest BCUT2D eigenvalue weighted by atomic mass is 16.2. The lowest BCUT2D eigenvalue weighted by atomic mass is 9.92. The van der Waals surface area contributed by atoms with Crippen LogP contribution >= 0.6 is 0 Å². The first-order chi connectivity index (χ1) is 10.2. The van der Waals surface area contributed by atoms with Crippen molar-refractivity contribution in [2.24, 2.45) is 0 Å². The van der Waals surface area contributed by atoms with Crippen molar-refractivity contribution in [3.8, 4) is 0 Å². The Kier molecular flexibility index (Phi) is 5.38. The molecular formula is C18H22N2O. The number of benzene rings is 2. The first-order valence-corrected chi connectivity index (χ1v) is 7.21. The zero-order valence-corrected chi connectivity index (χ0v) is 12.6. The predicted octanol–water partition coefficient (Wildman–Crippen LogP) is 3.28. The topological polar surface area (TPSA) is 32.3 Å². The lowest BCUT2D eigenvalue weighted by molar-refractivity contribution is 0.216. The molecule has 3 heteroatoms. The van der Waals surface area contributed by atoms with Crippen molar-refractivity contribution in [2.75, 3.05) is 20.6 Å². The van der Waals surface area contributed by atoms with Crippen molar-refractivity contribution in [2.45, 2.75) is 12.3 Å². The molecule has 0 aliphatic carbocycles. The second kappa shape index (κ2) is 7.48. The molecule has 0 saturated heterocycles. The van der Waals surface area contributed by atoms with Crippen LogP contribution < -0.4 is 5.32 Å². The molecule has 2 rings (SSSR count). The van der Waals surface area contributed by atoms with Gasteiger partial charge in [-0.05, 0) is 17.5 Å². The molecule has 0 aliphatic rings. The second-order valence-corrected chi connectivity index (χ2v) is 5.38. The van der Waals surface area contributed by atoms with Crippen LogP contribution in [-0.2, 0) is 6.42 Å². The number of nitrogens with one attached hydrogen (secondary N) is 1. The van der Waals surface area contributed by atoms with Gasteiger partial charge in [0.1, 0.15) is 0 Å². The van der Waals surface area contributed by atoms with Gasteiger partial charge in [0.25, 0.3) is 0 Å². The van der Waals surface area contributed by atoms with Gasteiger partial charge in [-0.2, -0.15) is 0 Å². The van der Waals surface area contributed by atoms with E-state index in [4.69, 9.17) is 0 Å². The van der Waals surface area contributed by atoms with E-state index in [2.05, 4.69) is 41.7 Å². The van der Waals surface area contributed by atoms with E-state index < -0.39 is 0 Å². The summed E-state index contributed by atoms with van der Waals surface area (Å²) in [5.41, 5.74) is 2.53. The van der Waals surface area contributed by atoms with Gasteiger partial charge in [-0.1, -0.05) is 60.7 Å². The quantitative estimate of drug-likeness (QED) is 0.896. The zero-order chi connectivity index (χ0) is 15.1. The van der Waals surface area contributed by atoms with E-state index in [1.54, 1.807) is 19.0 Å². The van der Waals surface area contributed by atoms with E-state index in [1.807, 2.05) is 24.3 Å². The molecule has 110 valence electrons. The molecule has 3 nitrogen and oxygen atoms in total. The summed E-state index contributed by atoms with van der Waals surface area (Å²) in [5.74, 6) is 0.275. The molecule has 0 bridgehead atoms. The second-order valence-electron chi connectivity index (χ2n) is 5.38. The fourth-order valence-corrected chi connectivity index (χ4v) is 2.30. The average Bonchev–Trinajstić information content (AvgIpc) is 2.52. The van der Waals surface area contributed by atoms with E-state index >= 15 is 0 Å². The molecule has 1 N–H and O–H groups in total. The van der Waals surface area contributed by atoms with Crippen molar-refractivity contribution < 1.29 is 4.79 Å². The summed E-state index contributed by atoms with van der Waals surface area (Å²) in [6, 6.07) is 20.7. The van der Waals surface area contributed by atoms with Crippen LogP contribution in [-0.4, -0.2) is 31.6 Å². The van der Waals surface area contributed by atoms with Crippen molar-refractivity contribution in [1.29, 1.82) is 0 Å². The van der Waals surface area contributed by atoms with Crippen LogP contribution in [0.15, 0.2) is 60.7 Å². The van der Waals surface area contributed by atoms with Gasteiger partial charge in [0, 0.05) is 26.6 Å². The summed E-state index contributed by atoms with van der Waals surface area (Å²) >= 11 is 0. The number of carbonyl (C=O) groups is 1. The van der Waals surface area contributed by atoms with E-state index in [-0.39, 0.29) is 11.9 Å². The Labute approximate surface area is 126 Å². The summed E-state index contributed by atoms with van der Waals surface area (Å²) < 4.78 is 0. The first-order valence-electron chi connectivity index (χ1n) is 7.21. The highest BCUT2D eigenvalue weighted by Crippen LogP contribution is 2.20. The normalized spacial score (nSPS) is 11.7. The van der Waals surface area contributed by atoms with E-state index in [1.165, 1.54) is 11.1 Å². The van der Waals surface area contributed by atoms with Gasteiger partial charge in [-0.25, -0.2) is 4.79 Å². The van der Waals surface area contributed by atoms with Gasteiger partial charge >= 0.3 is 6.03 Å². The molecule has 0 radical (unpaired) electrons. The van der Waals surface area contributed by atoms with Crippen molar-refractivity contribution in [1.82, 2.24) is 10.2 Å². The lowest BCUT2D eigenvalue weighted by Crippen LogP contribution is -2.37. The standard InChI is InChI=1S/C18H22N2O/c1-20(2)18(21)19-14-17(16-11-7-4-8-12-16)13-15-9-5-3-6-10-15/h3-12,17H,13-14H2,1-2H3,(H,19,21). The Morgan fingerprint density at radius 1 is 1.00 bits per heavy atom. The average molecular weight is 282 g/mol. The van der Waals surface area contributed by atoms with Crippen molar-refractivity contribution >= 4 is 6.03 Å². The van der Waals surface area contributed by atoms with Crippen LogP contribution in [0.5, 0.6) is 0 Å². The number of amides is 2. The number of hydrogen-bond donors (Lipinski definition) is 1. The monoisotopic (exact) mass is 282 g/mol. The Morgan fingerprint density at radius 2 is 1.57 bits per heavy atom. The van der Waals surface area contributed by atoms with Crippen molar-refractivity contribution in [3.63, 3.8) is 0 Å². The molecule has 0 fully saturated rings. The van der Waals surface area contributed by atoms with E-state index in [0.717, 1.165) is 6.42 Å². The molecule has 21 heavy (non-hydrogen) atoms. The van der Waals surface area contributed by atoms with Crippen LogP contribution in [0.25, 0.3) is 0 Å². The minimum atomic E-state index is -0.0519. The minimum absolute atomic E-state index is 0.0519. The fraction of sp³-hybridized carbons (Fsp3) is 0.278. The Bertz CT molecular complexity index is 552. The van der Waals surface area contributed by atoms with Crippen molar-refractivity contribution in [3.05, 3.63) is 71.8 Å². The fourth-order valence-electron chi connectivity index (χ4n) is 2.30. The predicted molar refractivity (Wildman–Crippen MR) is 86.4 cm³/mol. The molecule has 2 aromatic rings. The van der Waals surface area contributed by atoms with Crippen LogP contribution in [0.4, 0.5) is 4.79 Å². The van der Waals surface area contributed by atoms with Gasteiger partial charge in [0.05, 0.1) is 0 Å². The smallest absolute Gasteiger partial charge is 0.316 e. The maximum atomic E-state index is 11.7. The molecular weight excluding hydrogens is 260 g/mol. The number of urea groups is 1. The molecule has 0 spiro atoms. The molecule has 0 heterocycles. The molecule has 0 aromatic heterocycles. The Hall–Kier alpha value is -2.29. The summed E-state index contributed by atoms with van der Waals surface area (Å²) in [5, 5.41) is 2.99. The SMILES string of the molecule is CN(C)C(=O)NCC(Cc1ccccc1)c1ccccc1. The largest absolute Gasteiger partial charge is 0.337 e. The highest BCUT2D eigenvalue weighted by molar-refractivity contribution is 5.73. The van der Waals surface area contributed by atoms with Gasteiger partial charge < -0.3 is 10.2 Å². The molecule has 1 atom stereocenters. The highest BCUT2D eigenvalue weighted by Gasteiger charge is 2.14. The molecule has 1 unspecified atom stereocenters. The number of hydrogen-bond acceptors (Lipinski definition) is 1. The molecule has 0 aliphatic heterocycles. The third-order valence-electron chi connectivity index (χ3n) is 3.50. The molecule has 0 saturated carbocycles. The van der Waals surface area contributed by atoms with Gasteiger partial charge in [-0.3, -0.25) is 0 Å². The van der Waals surface area contributed by atoms with E-state index in [0.29, 0.717) is 6.54 Å². The zero-order valence-electron chi connectivity index (χ0n) is 12.6. The Morgan fingerprint density at radius 3 is 2.14 bits per heavy atom. The Balaban J connectivity index is 2.09. The summed E-state index contributed by atoms with van der Waals surface area (Å²) in [6.07, 6.45) is 0.915. The van der Waals surface area contributed by atoms with Gasteiger partial charge in [0.2, 0.25) is 0 Å². The number of rotatable bonds is 5. The number of carbonyl (C=O) groups excluding carboxylic acids is 1. The molecule has 2 amide bonds. The van der Waals surface area contributed by atoms with Crippen LogP contribution in [0.2, 0.25) is 0 Å². The summed E-state index contributed by atoms with van der Waals surface area (Å²) in [6.45, 7) is 0.635. The third-order valence-corrected chi connectivity index (χ3v) is 3.50. The first kappa shape index (κ1) is 15.1. The van der Waals surface area contributed by atoms with Crippen LogP contribution in [0, 0.1) is 0 Å².